The van der Waals surface area contributed by atoms with Crippen LogP contribution in [-0.4, -0.2) is 0 Å². The van der Waals surface area contributed by atoms with Crippen LogP contribution in [0.1, 0.15) is 5.56 Å². The van der Waals surface area contributed by atoms with E-state index < -0.39 is 5.82 Å². The third-order valence-electron chi connectivity index (χ3n) is 2.36. The summed E-state index contributed by atoms with van der Waals surface area (Å²) >= 11 is 5.90. The highest BCUT2D eigenvalue weighted by Crippen LogP contribution is 2.28. The predicted octanol–water partition coefficient (Wildman–Crippen LogP) is 3.68. The number of hydrogen-bond acceptors (Lipinski definition) is 3. The first-order chi connectivity index (χ1) is 8.60. The second kappa shape index (κ2) is 4.94. The summed E-state index contributed by atoms with van der Waals surface area (Å²) < 4.78 is 12.9. The normalized spacial score (nSPS) is 9.83. The Morgan fingerprint density at radius 3 is 2.56 bits per heavy atom. The van der Waals surface area contributed by atoms with Gasteiger partial charge in [-0.3, -0.25) is 0 Å². The monoisotopic (exact) mass is 261 g/mol. The van der Waals surface area contributed by atoms with Gasteiger partial charge in [0.15, 0.2) is 0 Å². The molecule has 0 aliphatic rings. The third-order valence-corrected chi connectivity index (χ3v) is 2.68. The molecular formula is C13H9ClFN3. The number of nitriles is 1. The van der Waals surface area contributed by atoms with Gasteiger partial charge in [-0.05, 0) is 36.4 Å². The van der Waals surface area contributed by atoms with E-state index in [4.69, 9.17) is 22.6 Å². The van der Waals surface area contributed by atoms with E-state index in [1.54, 1.807) is 18.2 Å². The van der Waals surface area contributed by atoms with E-state index in [-0.39, 0.29) is 5.02 Å². The van der Waals surface area contributed by atoms with Crippen molar-refractivity contribution >= 4 is 28.7 Å². The summed E-state index contributed by atoms with van der Waals surface area (Å²) in [7, 11) is 0. The molecule has 0 bridgehead atoms. The van der Waals surface area contributed by atoms with Crippen LogP contribution in [0.25, 0.3) is 0 Å². The first-order valence-electron chi connectivity index (χ1n) is 5.12. The van der Waals surface area contributed by atoms with Crippen molar-refractivity contribution in [1.29, 1.82) is 5.26 Å². The van der Waals surface area contributed by atoms with E-state index in [9.17, 15) is 4.39 Å². The lowest BCUT2D eigenvalue weighted by molar-refractivity contribution is 0.628. The van der Waals surface area contributed by atoms with Crippen molar-refractivity contribution < 1.29 is 4.39 Å². The van der Waals surface area contributed by atoms with Crippen molar-refractivity contribution in [3.63, 3.8) is 0 Å². The second-order valence-corrected chi connectivity index (χ2v) is 4.07. The third kappa shape index (κ3) is 2.53. The topological polar surface area (TPSA) is 61.8 Å². The van der Waals surface area contributed by atoms with Gasteiger partial charge < -0.3 is 11.1 Å². The van der Waals surface area contributed by atoms with Crippen LogP contribution in [0.5, 0.6) is 0 Å². The maximum absolute atomic E-state index is 12.9. The van der Waals surface area contributed by atoms with Crippen LogP contribution in [0, 0.1) is 17.1 Å². The molecule has 0 aromatic heterocycles. The van der Waals surface area contributed by atoms with Crippen LogP contribution in [0.3, 0.4) is 0 Å². The zero-order chi connectivity index (χ0) is 13.1. The summed E-state index contributed by atoms with van der Waals surface area (Å²) in [5.41, 5.74) is 7.59. The zero-order valence-corrected chi connectivity index (χ0v) is 10.0. The molecule has 0 saturated carbocycles. The molecule has 5 heteroatoms. The van der Waals surface area contributed by atoms with Crippen LogP contribution >= 0.6 is 11.6 Å². The average molecular weight is 262 g/mol. The van der Waals surface area contributed by atoms with Crippen molar-refractivity contribution in [2.45, 2.75) is 0 Å². The van der Waals surface area contributed by atoms with E-state index in [2.05, 4.69) is 5.32 Å². The molecule has 0 aliphatic carbocycles. The second-order valence-electron chi connectivity index (χ2n) is 3.67. The zero-order valence-electron chi connectivity index (χ0n) is 9.24. The molecule has 2 rings (SSSR count). The van der Waals surface area contributed by atoms with Gasteiger partial charge in [-0.25, -0.2) is 4.39 Å². The van der Waals surface area contributed by atoms with Crippen molar-refractivity contribution in [2.75, 3.05) is 11.1 Å². The number of nitrogens with zero attached hydrogens (tertiary/aromatic N) is 1. The molecule has 0 spiro atoms. The molecular weight excluding hydrogens is 253 g/mol. The molecule has 90 valence electrons. The van der Waals surface area contributed by atoms with Crippen molar-refractivity contribution in [2.24, 2.45) is 0 Å². The number of nitrogens with one attached hydrogen (secondary N) is 1. The Morgan fingerprint density at radius 1 is 1.17 bits per heavy atom. The van der Waals surface area contributed by atoms with Crippen LogP contribution < -0.4 is 11.1 Å². The highest BCUT2D eigenvalue weighted by molar-refractivity contribution is 6.33. The number of halogens is 2. The standard InChI is InChI=1S/C13H9ClFN3/c14-11-6-9(15)1-3-13(11)18-12-4-2-10(17)5-8(12)7-16/h1-6,18H,17H2. The number of hydrogen-bond donors (Lipinski definition) is 2. The van der Waals surface area contributed by atoms with Crippen LogP contribution in [0.4, 0.5) is 21.5 Å². The fourth-order valence-corrected chi connectivity index (χ4v) is 1.71. The minimum absolute atomic E-state index is 0.246. The number of rotatable bonds is 2. The summed E-state index contributed by atoms with van der Waals surface area (Å²) in [4.78, 5) is 0. The molecule has 2 aromatic rings. The Labute approximate surface area is 109 Å². The van der Waals surface area contributed by atoms with Gasteiger partial charge in [-0.1, -0.05) is 11.6 Å². The van der Waals surface area contributed by atoms with Crippen molar-refractivity contribution in [1.82, 2.24) is 0 Å². The van der Waals surface area contributed by atoms with Crippen LogP contribution in [0.2, 0.25) is 5.02 Å². The van der Waals surface area contributed by atoms with Gasteiger partial charge in [0.25, 0.3) is 0 Å². The van der Waals surface area contributed by atoms with Gasteiger partial charge in [0.1, 0.15) is 11.9 Å². The number of nitrogens with two attached hydrogens (primary N) is 1. The van der Waals surface area contributed by atoms with Gasteiger partial charge >= 0.3 is 0 Å². The minimum Gasteiger partial charge on any atom is -0.399 e. The fourth-order valence-electron chi connectivity index (χ4n) is 1.50. The molecule has 0 heterocycles. The van der Waals surface area contributed by atoms with Gasteiger partial charge in [0.2, 0.25) is 0 Å². The van der Waals surface area contributed by atoms with E-state index in [0.29, 0.717) is 22.6 Å². The average Bonchev–Trinajstić information content (AvgIpc) is 2.34. The summed E-state index contributed by atoms with van der Waals surface area (Å²) in [5, 5.41) is 12.2. The molecule has 3 nitrogen and oxygen atoms in total. The quantitative estimate of drug-likeness (QED) is 0.811. The SMILES string of the molecule is N#Cc1cc(N)ccc1Nc1ccc(F)cc1Cl. The van der Waals surface area contributed by atoms with E-state index in [0.717, 1.165) is 0 Å². The van der Waals surface area contributed by atoms with Crippen molar-refractivity contribution in [3.05, 3.63) is 52.8 Å². The maximum atomic E-state index is 12.9. The van der Waals surface area contributed by atoms with Gasteiger partial charge in [0.05, 0.1) is 22.0 Å². The molecule has 0 amide bonds. The number of anilines is 3. The number of nitrogen functional groups attached to an aromatic ring is 1. The smallest absolute Gasteiger partial charge is 0.124 e. The Morgan fingerprint density at radius 2 is 1.89 bits per heavy atom. The Hall–Kier alpha value is -2.25. The maximum Gasteiger partial charge on any atom is 0.124 e. The molecule has 2 aromatic carbocycles. The lowest BCUT2D eigenvalue weighted by Gasteiger charge is -2.10. The summed E-state index contributed by atoms with van der Waals surface area (Å²) in [5.74, 6) is -0.414. The highest BCUT2D eigenvalue weighted by Gasteiger charge is 2.06. The molecule has 3 N–H and O–H groups in total. The lowest BCUT2D eigenvalue weighted by Crippen LogP contribution is -1.96. The Kier molecular flexibility index (Phi) is 3.35. The number of benzene rings is 2. The van der Waals surface area contributed by atoms with Gasteiger partial charge in [0, 0.05) is 5.69 Å². The molecule has 0 radical (unpaired) electrons. The van der Waals surface area contributed by atoms with Gasteiger partial charge in [-0.2, -0.15) is 5.26 Å². The van der Waals surface area contributed by atoms with E-state index in [1.807, 2.05) is 6.07 Å². The Balaban J connectivity index is 2.37. The molecule has 0 unspecified atom stereocenters. The fraction of sp³-hybridized carbons (Fsp3) is 0. The molecule has 0 fully saturated rings. The summed E-state index contributed by atoms with van der Waals surface area (Å²) in [6.45, 7) is 0. The van der Waals surface area contributed by atoms with E-state index in [1.165, 1.54) is 18.2 Å². The first-order valence-corrected chi connectivity index (χ1v) is 5.49. The highest BCUT2D eigenvalue weighted by atomic mass is 35.5. The first kappa shape index (κ1) is 12.2. The van der Waals surface area contributed by atoms with Crippen LogP contribution in [0.15, 0.2) is 36.4 Å². The predicted molar refractivity (Wildman–Crippen MR) is 70.3 cm³/mol. The van der Waals surface area contributed by atoms with E-state index >= 15 is 0 Å². The van der Waals surface area contributed by atoms with Gasteiger partial charge in [-0.15, -0.1) is 0 Å². The summed E-state index contributed by atoms with van der Waals surface area (Å²) in [6, 6.07) is 10.9. The lowest BCUT2D eigenvalue weighted by atomic mass is 10.1. The molecule has 0 aliphatic heterocycles. The van der Waals surface area contributed by atoms with Crippen molar-refractivity contribution in [3.8, 4) is 6.07 Å². The molecule has 18 heavy (non-hydrogen) atoms. The minimum atomic E-state index is -0.414. The molecule has 0 saturated heterocycles. The molecule has 0 atom stereocenters. The summed E-state index contributed by atoms with van der Waals surface area (Å²) in [6.07, 6.45) is 0. The van der Waals surface area contributed by atoms with Crippen LogP contribution in [-0.2, 0) is 0 Å². The Bertz CT molecular complexity index is 635. The largest absolute Gasteiger partial charge is 0.399 e.